The number of hydrogen-bond acceptors (Lipinski definition) is 5. The van der Waals surface area contributed by atoms with E-state index in [1.165, 1.54) is 13.8 Å². The molecular formula is C9H13NO6S. The highest BCUT2D eigenvalue weighted by Gasteiger charge is 2.23. The molecule has 1 aromatic heterocycles. The second kappa shape index (κ2) is 4.86. The predicted octanol–water partition coefficient (Wildman–Crippen LogP) is -0.0547. The first-order valence-corrected chi connectivity index (χ1v) is 6.24. The topological polar surface area (TPSA) is 117 Å². The molecule has 0 fully saturated rings. The third-order valence-corrected chi connectivity index (χ3v) is 3.47. The number of nitrogens with one attached hydrogen (secondary N) is 1. The number of aromatic carboxylic acids is 1. The summed E-state index contributed by atoms with van der Waals surface area (Å²) in [7, 11) is -3.87. The van der Waals surface area contributed by atoms with Crippen molar-refractivity contribution in [1.82, 2.24) is 4.72 Å². The first-order valence-electron chi connectivity index (χ1n) is 4.75. The molecule has 1 heterocycles. The van der Waals surface area contributed by atoms with Gasteiger partial charge in [0.15, 0.2) is 0 Å². The van der Waals surface area contributed by atoms with Crippen LogP contribution in [0.4, 0.5) is 0 Å². The van der Waals surface area contributed by atoms with Gasteiger partial charge < -0.3 is 14.6 Å². The fraction of sp³-hybridized carbons (Fsp3) is 0.444. The summed E-state index contributed by atoms with van der Waals surface area (Å²) in [5, 5.41) is 17.6. The van der Waals surface area contributed by atoms with Crippen LogP contribution >= 0.6 is 0 Å². The van der Waals surface area contributed by atoms with E-state index in [1.54, 1.807) is 0 Å². The number of sulfonamides is 1. The van der Waals surface area contributed by atoms with Crippen molar-refractivity contribution in [3.8, 4) is 0 Å². The highest BCUT2D eigenvalue weighted by Crippen LogP contribution is 2.19. The molecule has 0 radical (unpaired) electrons. The van der Waals surface area contributed by atoms with Crippen molar-refractivity contribution < 1.29 is 27.8 Å². The first kappa shape index (κ1) is 13.7. The maximum absolute atomic E-state index is 11.7. The molecule has 0 saturated carbocycles. The van der Waals surface area contributed by atoms with Crippen LogP contribution in [0.15, 0.2) is 15.4 Å². The van der Waals surface area contributed by atoms with Crippen LogP contribution in [0, 0.1) is 6.92 Å². The van der Waals surface area contributed by atoms with Gasteiger partial charge in [0.1, 0.15) is 10.7 Å². The van der Waals surface area contributed by atoms with Gasteiger partial charge >= 0.3 is 5.97 Å². The number of carboxylic acids is 1. The van der Waals surface area contributed by atoms with Crippen molar-refractivity contribution in [2.45, 2.75) is 24.8 Å². The van der Waals surface area contributed by atoms with Gasteiger partial charge in [-0.15, -0.1) is 0 Å². The molecular weight excluding hydrogens is 250 g/mol. The van der Waals surface area contributed by atoms with Crippen molar-refractivity contribution >= 4 is 16.0 Å². The zero-order valence-corrected chi connectivity index (χ0v) is 10.1. The van der Waals surface area contributed by atoms with E-state index in [2.05, 4.69) is 4.72 Å². The lowest BCUT2D eigenvalue weighted by Gasteiger charge is -2.06. The Bertz CT molecular complexity index is 516. The normalized spacial score (nSPS) is 13.6. The van der Waals surface area contributed by atoms with E-state index in [0.29, 0.717) is 0 Å². The number of rotatable bonds is 5. The summed E-state index contributed by atoms with van der Waals surface area (Å²) in [5.41, 5.74) is 0. The van der Waals surface area contributed by atoms with E-state index < -0.39 is 27.9 Å². The van der Waals surface area contributed by atoms with Crippen molar-refractivity contribution in [2.24, 2.45) is 0 Å². The molecule has 0 saturated heterocycles. The van der Waals surface area contributed by atoms with Gasteiger partial charge in [0, 0.05) is 12.6 Å². The van der Waals surface area contributed by atoms with Gasteiger partial charge in [-0.1, -0.05) is 0 Å². The summed E-state index contributed by atoms with van der Waals surface area (Å²) in [5.74, 6) is -1.80. The Balaban J connectivity index is 3.03. The molecule has 0 aliphatic rings. The lowest BCUT2D eigenvalue weighted by Crippen LogP contribution is -2.30. The van der Waals surface area contributed by atoms with Crippen molar-refractivity contribution in [3.63, 3.8) is 0 Å². The van der Waals surface area contributed by atoms with Crippen LogP contribution in [0.3, 0.4) is 0 Å². The molecule has 0 unspecified atom stereocenters. The van der Waals surface area contributed by atoms with Gasteiger partial charge in [-0.05, 0) is 13.8 Å². The maximum Gasteiger partial charge on any atom is 0.371 e. The molecule has 0 bridgehead atoms. The molecule has 3 N–H and O–H groups in total. The van der Waals surface area contributed by atoms with Gasteiger partial charge in [-0.2, -0.15) is 0 Å². The van der Waals surface area contributed by atoms with Gasteiger partial charge in [-0.25, -0.2) is 17.9 Å². The molecule has 0 aromatic carbocycles. The Labute approximate surface area is 98.1 Å². The fourth-order valence-corrected chi connectivity index (χ4v) is 2.44. The average molecular weight is 263 g/mol. The van der Waals surface area contributed by atoms with Crippen LogP contribution in [0.5, 0.6) is 0 Å². The number of aliphatic hydroxyl groups excluding tert-OH is 1. The Morgan fingerprint density at radius 3 is 2.59 bits per heavy atom. The molecule has 96 valence electrons. The Morgan fingerprint density at radius 2 is 2.18 bits per heavy atom. The van der Waals surface area contributed by atoms with E-state index in [0.717, 1.165) is 6.07 Å². The van der Waals surface area contributed by atoms with Crippen LogP contribution in [0.25, 0.3) is 0 Å². The van der Waals surface area contributed by atoms with Gasteiger partial charge in [0.2, 0.25) is 15.8 Å². The Morgan fingerprint density at radius 1 is 1.59 bits per heavy atom. The zero-order valence-electron chi connectivity index (χ0n) is 9.30. The summed E-state index contributed by atoms with van der Waals surface area (Å²) in [6.07, 6.45) is -0.837. The molecule has 17 heavy (non-hydrogen) atoms. The minimum absolute atomic E-state index is 0.0134. The quantitative estimate of drug-likeness (QED) is 0.685. The average Bonchev–Trinajstić information content (AvgIpc) is 2.58. The summed E-state index contributed by atoms with van der Waals surface area (Å²) in [6.45, 7) is 2.62. The molecule has 1 aromatic rings. The molecule has 7 nitrogen and oxygen atoms in total. The standard InChI is InChI=1S/C9H13NO6S/c1-5(11)4-10-17(14,15)8-3-7(9(12)13)16-6(8)2/h3,5,10-11H,4H2,1-2H3,(H,12,13)/t5-/m0/s1. The lowest BCUT2D eigenvalue weighted by molar-refractivity contribution is 0.0661. The third-order valence-electron chi connectivity index (χ3n) is 1.94. The highest BCUT2D eigenvalue weighted by molar-refractivity contribution is 7.89. The number of aryl methyl sites for hydroxylation is 1. The van der Waals surface area contributed by atoms with Gasteiger partial charge in [-0.3, -0.25) is 0 Å². The van der Waals surface area contributed by atoms with Crippen molar-refractivity contribution in [1.29, 1.82) is 0 Å². The maximum atomic E-state index is 11.7. The molecule has 1 atom stereocenters. The largest absolute Gasteiger partial charge is 0.475 e. The van der Waals surface area contributed by atoms with E-state index in [9.17, 15) is 13.2 Å². The summed E-state index contributed by atoms with van der Waals surface area (Å²) < 4.78 is 30.4. The summed E-state index contributed by atoms with van der Waals surface area (Å²) >= 11 is 0. The number of furan rings is 1. The van der Waals surface area contributed by atoms with E-state index in [1.807, 2.05) is 0 Å². The van der Waals surface area contributed by atoms with Crippen LogP contribution in [-0.2, 0) is 10.0 Å². The van der Waals surface area contributed by atoms with Crippen LogP contribution in [0.2, 0.25) is 0 Å². The zero-order chi connectivity index (χ0) is 13.2. The second-order valence-corrected chi connectivity index (χ2v) is 5.27. The molecule has 0 amide bonds. The van der Waals surface area contributed by atoms with Gasteiger partial charge in [0.25, 0.3) is 0 Å². The second-order valence-electron chi connectivity index (χ2n) is 3.54. The van der Waals surface area contributed by atoms with Crippen LogP contribution in [0.1, 0.15) is 23.2 Å². The molecule has 0 spiro atoms. The van der Waals surface area contributed by atoms with E-state index in [4.69, 9.17) is 14.6 Å². The lowest BCUT2D eigenvalue weighted by atomic mass is 10.4. The van der Waals surface area contributed by atoms with Crippen molar-refractivity contribution in [2.75, 3.05) is 6.54 Å². The monoisotopic (exact) mass is 263 g/mol. The predicted molar refractivity (Wildman–Crippen MR) is 57.3 cm³/mol. The summed E-state index contributed by atoms with van der Waals surface area (Å²) in [4.78, 5) is 10.4. The minimum Gasteiger partial charge on any atom is -0.475 e. The summed E-state index contributed by atoms with van der Waals surface area (Å²) in [6, 6.07) is 0.933. The number of aliphatic hydroxyl groups is 1. The fourth-order valence-electron chi connectivity index (χ4n) is 1.15. The van der Waals surface area contributed by atoms with Crippen LogP contribution in [-0.4, -0.2) is 37.2 Å². The molecule has 8 heteroatoms. The Hall–Kier alpha value is -1.38. The minimum atomic E-state index is -3.87. The highest BCUT2D eigenvalue weighted by atomic mass is 32.2. The first-order chi connectivity index (χ1) is 7.74. The van der Waals surface area contributed by atoms with Crippen LogP contribution < -0.4 is 4.72 Å². The van der Waals surface area contributed by atoms with Gasteiger partial charge in [0.05, 0.1) is 6.10 Å². The van der Waals surface area contributed by atoms with E-state index in [-0.39, 0.29) is 17.2 Å². The number of carbonyl (C=O) groups is 1. The molecule has 0 aliphatic carbocycles. The molecule has 0 aliphatic heterocycles. The number of hydrogen-bond donors (Lipinski definition) is 3. The Kier molecular flexibility index (Phi) is 3.91. The number of carboxylic acid groups (broad SMARTS) is 1. The molecule has 1 rings (SSSR count). The van der Waals surface area contributed by atoms with E-state index >= 15 is 0 Å². The third kappa shape index (κ3) is 3.29. The van der Waals surface area contributed by atoms with Crippen molar-refractivity contribution in [3.05, 3.63) is 17.6 Å². The smallest absolute Gasteiger partial charge is 0.371 e. The SMILES string of the molecule is Cc1oc(C(=O)O)cc1S(=O)(=O)NC[C@H](C)O.